The van der Waals surface area contributed by atoms with Gasteiger partial charge in [-0.2, -0.15) is 0 Å². The van der Waals surface area contributed by atoms with Gasteiger partial charge in [0.15, 0.2) is 0 Å². The van der Waals surface area contributed by atoms with Crippen molar-refractivity contribution >= 4 is 17.6 Å². The first kappa shape index (κ1) is 14.8. The number of hydrogen-bond donors (Lipinski definition) is 1. The summed E-state index contributed by atoms with van der Waals surface area (Å²) in [5.41, 5.74) is 0.275. The Kier molecular flexibility index (Phi) is 4.98. The molecule has 0 spiro atoms. The van der Waals surface area contributed by atoms with Gasteiger partial charge < -0.3 is 5.11 Å². The van der Waals surface area contributed by atoms with Crippen LogP contribution in [0.2, 0.25) is 5.02 Å². The molecule has 0 amide bonds. The van der Waals surface area contributed by atoms with Gasteiger partial charge in [0.25, 0.3) is 0 Å². The molecule has 1 rings (SSSR count). The molecular formula is C11H10ClF3O3. The minimum absolute atomic E-state index is 0.205. The molecule has 0 aliphatic carbocycles. The van der Waals surface area contributed by atoms with Crippen LogP contribution < -0.4 is 0 Å². The highest BCUT2D eigenvalue weighted by Crippen LogP contribution is 2.28. The van der Waals surface area contributed by atoms with E-state index in [4.69, 9.17) is 16.7 Å². The lowest BCUT2D eigenvalue weighted by Crippen LogP contribution is -2.19. The van der Waals surface area contributed by atoms with Crippen LogP contribution in [0.1, 0.15) is 17.9 Å². The predicted molar refractivity (Wildman–Crippen MR) is 58.5 cm³/mol. The molecule has 3 nitrogen and oxygen atoms in total. The second kappa shape index (κ2) is 6.06. The summed E-state index contributed by atoms with van der Waals surface area (Å²) in [4.78, 5) is 11.0. The highest BCUT2D eigenvalue weighted by molar-refractivity contribution is 6.31. The van der Waals surface area contributed by atoms with Crippen molar-refractivity contribution in [1.82, 2.24) is 0 Å². The number of carboxylic acids is 1. The third-order valence-corrected chi connectivity index (χ3v) is 2.60. The van der Waals surface area contributed by atoms with Gasteiger partial charge in [0.05, 0.1) is 12.5 Å². The standard InChI is InChI=1S/C11H10ClF3O3/c12-9-4-2-1-3-7(9)8(10(16)17)5-6-18-11(13,14)15/h1-4,8H,5-6H2,(H,16,17). The zero-order valence-electron chi connectivity index (χ0n) is 9.08. The van der Waals surface area contributed by atoms with Crippen LogP contribution in [0.3, 0.4) is 0 Å². The molecule has 0 bridgehead atoms. The maximum absolute atomic E-state index is 11.8. The van der Waals surface area contributed by atoms with Crippen LogP contribution in [0.15, 0.2) is 24.3 Å². The maximum atomic E-state index is 11.8. The van der Waals surface area contributed by atoms with Gasteiger partial charge in [-0.05, 0) is 18.1 Å². The van der Waals surface area contributed by atoms with E-state index in [1.54, 1.807) is 12.1 Å². The van der Waals surface area contributed by atoms with Gasteiger partial charge in [-0.3, -0.25) is 9.53 Å². The highest BCUT2D eigenvalue weighted by atomic mass is 35.5. The molecule has 1 aromatic carbocycles. The van der Waals surface area contributed by atoms with Crippen LogP contribution in [0.5, 0.6) is 0 Å². The van der Waals surface area contributed by atoms with Crippen molar-refractivity contribution < 1.29 is 27.8 Å². The molecular weight excluding hydrogens is 273 g/mol. The number of aliphatic carboxylic acids is 1. The molecule has 18 heavy (non-hydrogen) atoms. The monoisotopic (exact) mass is 282 g/mol. The predicted octanol–water partition coefficient (Wildman–Crippen LogP) is 3.43. The van der Waals surface area contributed by atoms with Crippen molar-refractivity contribution in [3.8, 4) is 0 Å². The molecule has 1 N–H and O–H groups in total. The van der Waals surface area contributed by atoms with Gasteiger partial charge >= 0.3 is 12.3 Å². The molecule has 100 valence electrons. The lowest BCUT2D eigenvalue weighted by molar-refractivity contribution is -0.325. The van der Waals surface area contributed by atoms with Gasteiger partial charge in [0.2, 0.25) is 0 Å². The van der Waals surface area contributed by atoms with Gasteiger partial charge in [-0.1, -0.05) is 29.8 Å². The van der Waals surface area contributed by atoms with E-state index in [1.807, 2.05) is 0 Å². The summed E-state index contributed by atoms with van der Waals surface area (Å²) in [6, 6.07) is 6.13. The van der Waals surface area contributed by atoms with Crippen molar-refractivity contribution in [3.05, 3.63) is 34.9 Å². The molecule has 7 heteroatoms. The van der Waals surface area contributed by atoms with E-state index in [-0.39, 0.29) is 17.0 Å². The molecule has 0 fully saturated rings. The molecule has 0 heterocycles. The molecule has 1 aromatic rings. The van der Waals surface area contributed by atoms with Gasteiger partial charge in [-0.25, -0.2) is 0 Å². The Morgan fingerprint density at radius 2 is 2.00 bits per heavy atom. The summed E-state index contributed by atoms with van der Waals surface area (Å²) in [5.74, 6) is -2.37. The van der Waals surface area contributed by atoms with Crippen molar-refractivity contribution in [2.24, 2.45) is 0 Å². The zero-order valence-corrected chi connectivity index (χ0v) is 9.83. The fourth-order valence-electron chi connectivity index (χ4n) is 1.46. The number of benzene rings is 1. The fraction of sp³-hybridized carbons (Fsp3) is 0.364. The van der Waals surface area contributed by atoms with Gasteiger partial charge in [0.1, 0.15) is 0 Å². The van der Waals surface area contributed by atoms with Crippen LogP contribution in [0, 0.1) is 0 Å². The Morgan fingerprint density at radius 1 is 1.39 bits per heavy atom. The molecule has 0 saturated heterocycles. The van der Waals surface area contributed by atoms with Crippen LogP contribution in [-0.2, 0) is 9.53 Å². The first-order valence-corrected chi connectivity index (χ1v) is 5.37. The zero-order chi connectivity index (χ0) is 13.8. The van der Waals surface area contributed by atoms with Gasteiger partial charge in [0, 0.05) is 5.02 Å². The van der Waals surface area contributed by atoms with E-state index in [0.29, 0.717) is 0 Å². The van der Waals surface area contributed by atoms with E-state index in [0.717, 1.165) is 0 Å². The number of carboxylic acid groups (broad SMARTS) is 1. The summed E-state index contributed by atoms with van der Waals surface area (Å²) in [6.07, 6.45) is -5.07. The second-order valence-electron chi connectivity index (χ2n) is 3.50. The van der Waals surface area contributed by atoms with E-state index < -0.39 is 24.9 Å². The average molecular weight is 283 g/mol. The maximum Gasteiger partial charge on any atom is 0.522 e. The highest BCUT2D eigenvalue weighted by Gasteiger charge is 2.30. The summed E-state index contributed by atoms with van der Waals surface area (Å²) in [5, 5.41) is 9.19. The third kappa shape index (κ3) is 4.54. The summed E-state index contributed by atoms with van der Waals surface area (Å²) in [6.45, 7) is -0.730. The van der Waals surface area contributed by atoms with Crippen molar-refractivity contribution in [3.63, 3.8) is 0 Å². The minimum atomic E-state index is -4.76. The van der Waals surface area contributed by atoms with Crippen LogP contribution in [0.25, 0.3) is 0 Å². The Balaban J connectivity index is 2.73. The number of carbonyl (C=O) groups is 1. The first-order valence-electron chi connectivity index (χ1n) is 4.99. The normalized spacial score (nSPS) is 13.3. The number of rotatable bonds is 5. The Hall–Kier alpha value is -1.27. The average Bonchev–Trinajstić information content (AvgIpc) is 2.24. The fourth-order valence-corrected chi connectivity index (χ4v) is 1.73. The van der Waals surface area contributed by atoms with Crippen molar-refractivity contribution in [2.45, 2.75) is 18.7 Å². The molecule has 0 radical (unpaired) electrons. The van der Waals surface area contributed by atoms with Crippen LogP contribution >= 0.6 is 11.6 Å². The molecule has 0 saturated carbocycles. The van der Waals surface area contributed by atoms with Crippen molar-refractivity contribution in [1.29, 1.82) is 0 Å². The molecule has 1 atom stereocenters. The van der Waals surface area contributed by atoms with Crippen LogP contribution in [0.4, 0.5) is 13.2 Å². The lowest BCUT2D eigenvalue weighted by atomic mass is 9.96. The largest absolute Gasteiger partial charge is 0.522 e. The number of halogens is 4. The first-order chi connectivity index (χ1) is 8.31. The SMILES string of the molecule is O=C(O)C(CCOC(F)(F)F)c1ccccc1Cl. The summed E-state index contributed by atoms with van der Waals surface area (Å²) < 4.78 is 38.9. The van der Waals surface area contributed by atoms with E-state index in [2.05, 4.69) is 4.74 Å². The van der Waals surface area contributed by atoms with E-state index >= 15 is 0 Å². The molecule has 0 aromatic heterocycles. The quantitative estimate of drug-likeness (QED) is 0.900. The summed E-state index contributed by atoms with van der Waals surface area (Å²) >= 11 is 5.81. The number of ether oxygens (including phenoxy) is 1. The second-order valence-corrected chi connectivity index (χ2v) is 3.90. The Morgan fingerprint density at radius 3 is 2.50 bits per heavy atom. The Labute approximate surface area is 106 Å². The molecule has 0 aliphatic heterocycles. The topological polar surface area (TPSA) is 46.5 Å². The Bertz CT molecular complexity index is 420. The van der Waals surface area contributed by atoms with Crippen LogP contribution in [-0.4, -0.2) is 24.0 Å². The van der Waals surface area contributed by atoms with Crippen molar-refractivity contribution in [2.75, 3.05) is 6.61 Å². The van der Waals surface area contributed by atoms with Gasteiger partial charge in [-0.15, -0.1) is 13.2 Å². The van der Waals surface area contributed by atoms with E-state index in [9.17, 15) is 18.0 Å². The third-order valence-electron chi connectivity index (χ3n) is 2.25. The molecule has 1 unspecified atom stereocenters. The minimum Gasteiger partial charge on any atom is -0.481 e. The number of hydrogen-bond acceptors (Lipinski definition) is 2. The smallest absolute Gasteiger partial charge is 0.481 e. The lowest BCUT2D eigenvalue weighted by Gasteiger charge is -2.15. The summed E-state index contributed by atoms with van der Waals surface area (Å²) in [7, 11) is 0. The number of alkyl halides is 3. The van der Waals surface area contributed by atoms with E-state index in [1.165, 1.54) is 12.1 Å². The molecule has 0 aliphatic rings.